The maximum absolute atomic E-state index is 11.1. The van der Waals surface area contributed by atoms with Crippen LogP contribution in [0.25, 0.3) is 0 Å². The van der Waals surface area contributed by atoms with Gasteiger partial charge in [0.25, 0.3) is 0 Å². The first kappa shape index (κ1) is 10.7. The number of hydrogen-bond acceptors (Lipinski definition) is 3. The lowest BCUT2D eigenvalue weighted by Crippen LogP contribution is -2.14. The Balaban J connectivity index is 2.24. The number of nitrogens with one attached hydrogen (secondary N) is 1. The molecule has 1 aromatic carbocycles. The van der Waals surface area contributed by atoms with Gasteiger partial charge < -0.3 is 10.1 Å². The van der Waals surface area contributed by atoms with Gasteiger partial charge >= 0.3 is 5.97 Å². The number of carbonyl (C=O) groups is 1. The standard InChI is InChI=1S/C11H15NO2/c1-12-8-7-11(13)14-9-10-5-3-2-4-6-10/h2-6,12H,7-9H2,1H3. The van der Waals surface area contributed by atoms with Crippen LogP contribution in [0.4, 0.5) is 0 Å². The average Bonchev–Trinajstić information content (AvgIpc) is 2.25. The number of esters is 1. The van der Waals surface area contributed by atoms with Crippen molar-refractivity contribution in [2.24, 2.45) is 0 Å². The second-order valence-electron chi connectivity index (χ2n) is 3.00. The van der Waals surface area contributed by atoms with Crippen molar-refractivity contribution in [3.63, 3.8) is 0 Å². The van der Waals surface area contributed by atoms with Gasteiger partial charge in [-0.05, 0) is 12.6 Å². The normalized spacial score (nSPS) is 9.79. The van der Waals surface area contributed by atoms with E-state index in [9.17, 15) is 4.79 Å². The highest BCUT2D eigenvalue weighted by Gasteiger charge is 2.01. The molecular weight excluding hydrogens is 178 g/mol. The predicted molar refractivity (Wildman–Crippen MR) is 54.8 cm³/mol. The van der Waals surface area contributed by atoms with Gasteiger partial charge in [0.2, 0.25) is 0 Å². The fraction of sp³-hybridized carbons (Fsp3) is 0.364. The molecule has 0 unspecified atom stereocenters. The molecule has 14 heavy (non-hydrogen) atoms. The molecule has 1 N–H and O–H groups in total. The fourth-order valence-electron chi connectivity index (χ4n) is 1.04. The molecule has 0 bridgehead atoms. The monoisotopic (exact) mass is 193 g/mol. The smallest absolute Gasteiger partial charge is 0.307 e. The molecule has 3 heteroatoms. The molecule has 0 atom stereocenters. The molecule has 0 spiro atoms. The molecule has 0 saturated carbocycles. The van der Waals surface area contributed by atoms with Crippen LogP contribution in [-0.2, 0) is 16.1 Å². The van der Waals surface area contributed by atoms with Crippen molar-refractivity contribution < 1.29 is 9.53 Å². The van der Waals surface area contributed by atoms with Crippen molar-refractivity contribution in [3.05, 3.63) is 35.9 Å². The van der Waals surface area contributed by atoms with Crippen molar-refractivity contribution in [1.29, 1.82) is 0 Å². The van der Waals surface area contributed by atoms with Crippen LogP contribution in [-0.4, -0.2) is 19.6 Å². The highest BCUT2D eigenvalue weighted by Crippen LogP contribution is 2.01. The molecule has 0 aliphatic rings. The van der Waals surface area contributed by atoms with E-state index in [0.717, 1.165) is 5.56 Å². The third kappa shape index (κ3) is 4.05. The zero-order valence-electron chi connectivity index (χ0n) is 8.32. The summed E-state index contributed by atoms with van der Waals surface area (Å²) in [6.07, 6.45) is 0.420. The number of carbonyl (C=O) groups excluding carboxylic acids is 1. The maximum Gasteiger partial charge on any atom is 0.307 e. The summed E-state index contributed by atoms with van der Waals surface area (Å²) in [7, 11) is 1.81. The Morgan fingerprint density at radius 1 is 1.36 bits per heavy atom. The van der Waals surface area contributed by atoms with Crippen LogP contribution >= 0.6 is 0 Å². The van der Waals surface area contributed by atoms with Crippen LogP contribution in [0.3, 0.4) is 0 Å². The first-order chi connectivity index (χ1) is 6.83. The summed E-state index contributed by atoms with van der Waals surface area (Å²) in [5, 5.41) is 2.90. The molecule has 1 rings (SSSR count). The van der Waals surface area contributed by atoms with Crippen LogP contribution in [0.5, 0.6) is 0 Å². The topological polar surface area (TPSA) is 38.3 Å². The molecule has 0 aliphatic carbocycles. The lowest BCUT2D eigenvalue weighted by Gasteiger charge is -2.04. The van der Waals surface area contributed by atoms with Crippen LogP contribution in [0, 0.1) is 0 Å². The van der Waals surface area contributed by atoms with E-state index in [4.69, 9.17) is 4.74 Å². The van der Waals surface area contributed by atoms with Gasteiger partial charge in [-0.15, -0.1) is 0 Å². The molecule has 0 amide bonds. The fourth-order valence-corrected chi connectivity index (χ4v) is 1.04. The number of benzene rings is 1. The van der Waals surface area contributed by atoms with E-state index < -0.39 is 0 Å². The second-order valence-corrected chi connectivity index (χ2v) is 3.00. The molecule has 0 aliphatic heterocycles. The van der Waals surface area contributed by atoms with Crippen LogP contribution < -0.4 is 5.32 Å². The van der Waals surface area contributed by atoms with E-state index >= 15 is 0 Å². The highest BCUT2D eigenvalue weighted by molar-refractivity contribution is 5.69. The summed E-state index contributed by atoms with van der Waals surface area (Å²) in [5.74, 6) is -0.164. The van der Waals surface area contributed by atoms with E-state index in [-0.39, 0.29) is 5.97 Å². The molecule has 1 aromatic rings. The third-order valence-corrected chi connectivity index (χ3v) is 1.82. The Hall–Kier alpha value is -1.35. The third-order valence-electron chi connectivity index (χ3n) is 1.82. The van der Waals surface area contributed by atoms with Crippen LogP contribution in [0.15, 0.2) is 30.3 Å². The minimum atomic E-state index is -0.164. The Bertz CT molecular complexity index is 272. The molecule has 0 aromatic heterocycles. The first-order valence-electron chi connectivity index (χ1n) is 4.67. The van der Waals surface area contributed by atoms with Crippen molar-refractivity contribution in [2.75, 3.05) is 13.6 Å². The van der Waals surface area contributed by atoms with Gasteiger partial charge in [-0.2, -0.15) is 0 Å². The predicted octanol–water partition coefficient (Wildman–Crippen LogP) is 1.34. The van der Waals surface area contributed by atoms with Gasteiger partial charge in [-0.1, -0.05) is 30.3 Å². The number of rotatable bonds is 5. The van der Waals surface area contributed by atoms with E-state index in [1.165, 1.54) is 0 Å². The average molecular weight is 193 g/mol. The molecule has 3 nitrogen and oxygen atoms in total. The zero-order valence-corrected chi connectivity index (χ0v) is 8.32. The SMILES string of the molecule is CNCCC(=O)OCc1ccccc1. The molecule has 0 saturated heterocycles. The van der Waals surface area contributed by atoms with Gasteiger partial charge in [0.1, 0.15) is 6.61 Å². The molecular formula is C11H15NO2. The van der Waals surface area contributed by atoms with Crippen LogP contribution in [0.1, 0.15) is 12.0 Å². The van der Waals surface area contributed by atoms with E-state index in [0.29, 0.717) is 19.6 Å². The van der Waals surface area contributed by atoms with Gasteiger partial charge in [0.15, 0.2) is 0 Å². The largest absolute Gasteiger partial charge is 0.461 e. The lowest BCUT2D eigenvalue weighted by molar-refractivity contribution is -0.144. The first-order valence-corrected chi connectivity index (χ1v) is 4.67. The van der Waals surface area contributed by atoms with E-state index in [1.807, 2.05) is 37.4 Å². The van der Waals surface area contributed by atoms with Crippen molar-refractivity contribution in [1.82, 2.24) is 5.32 Å². The van der Waals surface area contributed by atoms with E-state index in [1.54, 1.807) is 0 Å². The van der Waals surface area contributed by atoms with Crippen molar-refractivity contribution >= 4 is 5.97 Å². The number of hydrogen-bond donors (Lipinski definition) is 1. The highest BCUT2D eigenvalue weighted by atomic mass is 16.5. The van der Waals surface area contributed by atoms with Gasteiger partial charge in [0.05, 0.1) is 6.42 Å². The van der Waals surface area contributed by atoms with Gasteiger partial charge in [-0.3, -0.25) is 4.79 Å². The summed E-state index contributed by atoms with van der Waals surface area (Å²) in [6.45, 7) is 1.02. The maximum atomic E-state index is 11.1. The summed E-state index contributed by atoms with van der Waals surface area (Å²) in [6, 6.07) is 9.66. The Labute approximate surface area is 84.1 Å². The Morgan fingerprint density at radius 2 is 2.07 bits per heavy atom. The quantitative estimate of drug-likeness (QED) is 0.717. The minimum Gasteiger partial charge on any atom is -0.461 e. The molecule has 76 valence electrons. The Morgan fingerprint density at radius 3 is 2.71 bits per heavy atom. The summed E-state index contributed by atoms with van der Waals surface area (Å²) >= 11 is 0. The minimum absolute atomic E-state index is 0.164. The Kier molecular flexibility index (Phi) is 4.72. The van der Waals surface area contributed by atoms with Crippen molar-refractivity contribution in [2.45, 2.75) is 13.0 Å². The van der Waals surface area contributed by atoms with Crippen LogP contribution in [0.2, 0.25) is 0 Å². The summed E-state index contributed by atoms with van der Waals surface area (Å²) in [4.78, 5) is 11.1. The van der Waals surface area contributed by atoms with Crippen molar-refractivity contribution in [3.8, 4) is 0 Å². The molecule has 0 fully saturated rings. The second kappa shape index (κ2) is 6.16. The van der Waals surface area contributed by atoms with Gasteiger partial charge in [0, 0.05) is 6.54 Å². The zero-order chi connectivity index (χ0) is 10.2. The van der Waals surface area contributed by atoms with E-state index in [2.05, 4.69) is 5.32 Å². The summed E-state index contributed by atoms with van der Waals surface area (Å²) < 4.78 is 5.05. The molecule has 0 radical (unpaired) electrons. The van der Waals surface area contributed by atoms with Gasteiger partial charge in [-0.25, -0.2) is 0 Å². The number of ether oxygens (including phenoxy) is 1. The summed E-state index contributed by atoms with van der Waals surface area (Å²) in [5.41, 5.74) is 1.02. The molecule has 0 heterocycles. The lowest BCUT2D eigenvalue weighted by atomic mass is 10.2.